The summed E-state index contributed by atoms with van der Waals surface area (Å²) in [6.07, 6.45) is -3.67. The SMILES string of the molecule is Cc1c(C)n2cc([N+](=O)[O-])nc2c(=O)n1Cc1cccc(OC(F)(F)F)c1. The maximum absolute atomic E-state index is 12.7. The van der Waals surface area contributed by atoms with Crippen LogP contribution in [0.4, 0.5) is 19.0 Å². The van der Waals surface area contributed by atoms with Gasteiger partial charge in [0.05, 0.1) is 6.54 Å². The van der Waals surface area contributed by atoms with Gasteiger partial charge in [-0.2, -0.15) is 0 Å². The minimum absolute atomic E-state index is 0.0439. The predicted molar refractivity (Wildman–Crippen MR) is 87.8 cm³/mol. The minimum atomic E-state index is -4.82. The molecule has 0 aliphatic carbocycles. The van der Waals surface area contributed by atoms with Crippen LogP contribution in [0.25, 0.3) is 5.65 Å². The third-order valence-corrected chi connectivity index (χ3v) is 4.08. The lowest BCUT2D eigenvalue weighted by Crippen LogP contribution is -2.26. The lowest BCUT2D eigenvalue weighted by atomic mass is 10.2. The van der Waals surface area contributed by atoms with Crippen LogP contribution < -0.4 is 10.3 Å². The predicted octanol–water partition coefficient (Wildman–Crippen LogP) is 2.97. The Labute approximate surface area is 149 Å². The van der Waals surface area contributed by atoms with Crippen molar-refractivity contribution in [1.82, 2.24) is 14.0 Å². The first kappa shape index (κ1) is 18.4. The van der Waals surface area contributed by atoms with E-state index in [2.05, 4.69) is 9.72 Å². The molecule has 2 aromatic heterocycles. The Hall–Kier alpha value is -3.37. The summed E-state index contributed by atoms with van der Waals surface area (Å²) in [5.41, 5.74) is 0.724. The Morgan fingerprint density at radius 2 is 1.96 bits per heavy atom. The Kier molecular flexibility index (Phi) is 4.38. The number of nitrogens with zero attached hydrogens (tertiary/aromatic N) is 4. The molecule has 0 spiro atoms. The van der Waals surface area contributed by atoms with Gasteiger partial charge in [-0.1, -0.05) is 12.1 Å². The van der Waals surface area contributed by atoms with Gasteiger partial charge in [0.2, 0.25) is 0 Å². The molecule has 11 heteroatoms. The quantitative estimate of drug-likeness (QED) is 0.511. The highest BCUT2D eigenvalue weighted by molar-refractivity contribution is 5.45. The summed E-state index contributed by atoms with van der Waals surface area (Å²) in [4.78, 5) is 26.7. The number of alkyl halides is 3. The third kappa shape index (κ3) is 3.61. The molecule has 0 radical (unpaired) electrons. The van der Waals surface area contributed by atoms with E-state index in [1.54, 1.807) is 19.9 Å². The van der Waals surface area contributed by atoms with Crippen molar-refractivity contribution >= 4 is 11.5 Å². The average molecular weight is 382 g/mol. The molecular formula is C16H13F3N4O4. The summed E-state index contributed by atoms with van der Waals surface area (Å²) in [5.74, 6) is -0.868. The Morgan fingerprint density at radius 1 is 1.26 bits per heavy atom. The first-order chi connectivity index (χ1) is 12.6. The molecular weight excluding hydrogens is 369 g/mol. The van der Waals surface area contributed by atoms with E-state index in [-0.39, 0.29) is 12.2 Å². The third-order valence-electron chi connectivity index (χ3n) is 4.08. The van der Waals surface area contributed by atoms with Crippen LogP contribution >= 0.6 is 0 Å². The number of imidazole rings is 1. The summed E-state index contributed by atoms with van der Waals surface area (Å²) in [6.45, 7) is 3.25. The van der Waals surface area contributed by atoms with Crippen molar-refractivity contribution in [2.75, 3.05) is 0 Å². The molecule has 27 heavy (non-hydrogen) atoms. The van der Waals surface area contributed by atoms with Crippen LogP contribution in [0.2, 0.25) is 0 Å². The zero-order chi connectivity index (χ0) is 19.9. The summed E-state index contributed by atoms with van der Waals surface area (Å²) >= 11 is 0. The molecule has 0 unspecified atom stereocenters. The number of rotatable bonds is 4. The number of ether oxygens (including phenoxy) is 1. The molecule has 0 N–H and O–H groups in total. The molecule has 1 aromatic carbocycles. The highest BCUT2D eigenvalue weighted by Gasteiger charge is 2.31. The Balaban J connectivity index is 2.06. The lowest BCUT2D eigenvalue weighted by molar-refractivity contribution is -0.389. The smallest absolute Gasteiger partial charge is 0.406 e. The van der Waals surface area contributed by atoms with Crippen molar-refractivity contribution < 1.29 is 22.8 Å². The van der Waals surface area contributed by atoms with E-state index in [0.29, 0.717) is 17.0 Å². The highest BCUT2D eigenvalue weighted by Crippen LogP contribution is 2.24. The molecule has 0 saturated heterocycles. The van der Waals surface area contributed by atoms with E-state index in [4.69, 9.17) is 0 Å². The van der Waals surface area contributed by atoms with Crippen LogP contribution in [0.15, 0.2) is 35.3 Å². The molecule has 3 aromatic rings. The van der Waals surface area contributed by atoms with Gasteiger partial charge in [0.1, 0.15) is 11.9 Å². The highest BCUT2D eigenvalue weighted by atomic mass is 19.4. The number of aryl methyl sites for hydroxylation is 1. The number of aromatic nitrogens is 3. The largest absolute Gasteiger partial charge is 0.573 e. The Morgan fingerprint density at radius 3 is 2.59 bits per heavy atom. The van der Waals surface area contributed by atoms with E-state index < -0.39 is 28.4 Å². The normalized spacial score (nSPS) is 11.7. The molecule has 0 bridgehead atoms. The second kappa shape index (κ2) is 6.41. The monoisotopic (exact) mass is 382 g/mol. The van der Waals surface area contributed by atoms with Crippen molar-refractivity contribution in [3.8, 4) is 5.75 Å². The van der Waals surface area contributed by atoms with Crippen LogP contribution in [0.5, 0.6) is 5.75 Å². The summed E-state index contributed by atoms with van der Waals surface area (Å²) in [7, 11) is 0. The topological polar surface area (TPSA) is 91.7 Å². The molecule has 0 aliphatic rings. The van der Waals surface area contributed by atoms with Gasteiger partial charge in [0, 0.05) is 11.4 Å². The van der Waals surface area contributed by atoms with Gasteiger partial charge in [-0.15, -0.1) is 13.2 Å². The van der Waals surface area contributed by atoms with Crippen molar-refractivity contribution in [2.45, 2.75) is 26.8 Å². The fourth-order valence-corrected chi connectivity index (χ4v) is 2.72. The summed E-state index contributed by atoms with van der Waals surface area (Å²) in [6, 6.07) is 5.25. The van der Waals surface area contributed by atoms with Crippen LogP contribution in [-0.2, 0) is 6.54 Å². The zero-order valence-corrected chi connectivity index (χ0v) is 14.1. The molecule has 142 valence electrons. The molecule has 8 nitrogen and oxygen atoms in total. The fourth-order valence-electron chi connectivity index (χ4n) is 2.72. The zero-order valence-electron chi connectivity index (χ0n) is 14.1. The molecule has 3 rings (SSSR count). The van der Waals surface area contributed by atoms with E-state index in [0.717, 1.165) is 12.3 Å². The van der Waals surface area contributed by atoms with E-state index >= 15 is 0 Å². The summed E-state index contributed by atoms with van der Waals surface area (Å²) in [5, 5.41) is 10.9. The first-order valence-electron chi connectivity index (χ1n) is 7.65. The Bertz CT molecular complexity index is 1100. The van der Waals surface area contributed by atoms with Crippen LogP contribution in [-0.4, -0.2) is 25.2 Å². The van der Waals surface area contributed by atoms with E-state index in [9.17, 15) is 28.1 Å². The van der Waals surface area contributed by atoms with Gasteiger partial charge in [-0.05, 0) is 41.5 Å². The second-order valence-electron chi connectivity index (χ2n) is 5.81. The second-order valence-corrected chi connectivity index (χ2v) is 5.81. The maximum atomic E-state index is 12.7. The number of halogens is 3. The van der Waals surface area contributed by atoms with Gasteiger partial charge in [-0.3, -0.25) is 9.20 Å². The van der Waals surface area contributed by atoms with Gasteiger partial charge in [0.15, 0.2) is 0 Å². The standard InChI is InChI=1S/C16H13F3N4O4/c1-9-10(2)22(15(24)14-20-13(23(25)26)8-21(9)14)7-11-4-3-5-12(6-11)27-16(17,18)19/h3-6,8H,7H2,1-2H3. The number of fused-ring (bicyclic) bond motifs is 1. The minimum Gasteiger partial charge on any atom is -0.406 e. The van der Waals surface area contributed by atoms with E-state index in [1.807, 2.05) is 0 Å². The average Bonchev–Trinajstić information content (AvgIpc) is 3.01. The van der Waals surface area contributed by atoms with Crippen molar-refractivity contribution in [1.29, 1.82) is 0 Å². The van der Waals surface area contributed by atoms with Gasteiger partial charge in [0.25, 0.3) is 0 Å². The van der Waals surface area contributed by atoms with E-state index in [1.165, 1.54) is 21.1 Å². The molecule has 0 fully saturated rings. The molecule has 0 amide bonds. The first-order valence-corrected chi connectivity index (χ1v) is 7.65. The van der Waals surface area contributed by atoms with Crippen molar-refractivity contribution in [2.24, 2.45) is 0 Å². The number of benzene rings is 1. The molecule has 2 heterocycles. The molecule has 0 atom stereocenters. The number of hydrogen-bond acceptors (Lipinski definition) is 5. The van der Waals surface area contributed by atoms with Crippen LogP contribution in [0.1, 0.15) is 17.0 Å². The van der Waals surface area contributed by atoms with Crippen LogP contribution in [0.3, 0.4) is 0 Å². The van der Waals surface area contributed by atoms with Gasteiger partial charge >= 0.3 is 23.4 Å². The molecule has 0 saturated carbocycles. The fraction of sp³-hybridized carbons (Fsp3) is 0.250. The maximum Gasteiger partial charge on any atom is 0.573 e. The lowest BCUT2D eigenvalue weighted by Gasteiger charge is -2.14. The van der Waals surface area contributed by atoms with Gasteiger partial charge < -0.3 is 19.4 Å². The number of nitro groups is 1. The molecule has 0 aliphatic heterocycles. The van der Waals surface area contributed by atoms with Crippen molar-refractivity contribution in [3.05, 3.63) is 67.9 Å². The summed E-state index contributed by atoms with van der Waals surface area (Å²) < 4.78 is 43.7. The van der Waals surface area contributed by atoms with Crippen molar-refractivity contribution in [3.63, 3.8) is 0 Å². The van der Waals surface area contributed by atoms with Gasteiger partial charge in [-0.25, -0.2) is 0 Å². The van der Waals surface area contributed by atoms with Crippen LogP contribution in [0, 0.1) is 24.0 Å². The number of hydrogen-bond donors (Lipinski definition) is 0.